The number of carbonyl (C=O) groups excluding carboxylic acids is 2. The minimum Gasteiger partial charge on any atom is -0.336 e. The standard InChI is InChI=1S/C29H23N7O2S/c1-15(37)23-10-11-24(39-23)19-6-3-7-21-25(19)34-28(33-21)27-26-22(35-36-27)9-8-20(32-26)17-12-18(14-30-13-17)31-29(38)16-4-2-5-16/h3,6-14,16H,2,4-5H2,1H3,(H,31,38)(H,33,34)(H,35,36). The van der Waals surface area contributed by atoms with Gasteiger partial charge in [0.15, 0.2) is 17.3 Å². The van der Waals surface area contributed by atoms with E-state index in [2.05, 4.69) is 25.5 Å². The number of imidazole rings is 1. The fourth-order valence-corrected chi connectivity index (χ4v) is 5.73. The number of aromatic amines is 2. The predicted octanol–water partition coefficient (Wildman–Crippen LogP) is 6.23. The van der Waals surface area contributed by atoms with Crippen molar-refractivity contribution in [2.75, 3.05) is 5.32 Å². The summed E-state index contributed by atoms with van der Waals surface area (Å²) in [5, 5.41) is 10.6. The van der Waals surface area contributed by atoms with Crippen molar-refractivity contribution in [3.8, 4) is 33.2 Å². The molecule has 5 aromatic heterocycles. The lowest BCUT2D eigenvalue weighted by molar-refractivity contribution is -0.122. The molecule has 5 heterocycles. The first kappa shape index (κ1) is 23.4. The number of thiophene rings is 1. The van der Waals surface area contributed by atoms with Gasteiger partial charge in [-0.05, 0) is 56.2 Å². The Morgan fingerprint density at radius 3 is 2.69 bits per heavy atom. The van der Waals surface area contributed by atoms with Crippen LogP contribution in [0, 0.1) is 5.92 Å². The van der Waals surface area contributed by atoms with E-state index < -0.39 is 0 Å². The lowest BCUT2D eigenvalue weighted by atomic mass is 9.85. The number of nitrogens with zero attached hydrogens (tertiary/aromatic N) is 4. The van der Waals surface area contributed by atoms with Crippen LogP contribution >= 0.6 is 11.3 Å². The zero-order chi connectivity index (χ0) is 26.5. The number of Topliss-reactive ketones (excluding diaryl/α,β-unsaturated/α-hetero) is 1. The largest absolute Gasteiger partial charge is 0.336 e. The fraction of sp³-hybridized carbons (Fsp3) is 0.172. The van der Waals surface area contributed by atoms with E-state index in [-0.39, 0.29) is 17.6 Å². The number of hydrogen-bond acceptors (Lipinski definition) is 7. The van der Waals surface area contributed by atoms with Crippen molar-refractivity contribution in [3.05, 3.63) is 65.8 Å². The van der Waals surface area contributed by atoms with Gasteiger partial charge >= 0.3 is 0 Å². The molecule has 1 fully saturated rings. The Hall–Kier alpha value is -4.70. The Morgan fingerprint density at radius 2 is 1.90 bits per heavy atom. The molecule has 0 unspecified atom stereocenters. The molecule has 7 rings (SSSR count). The van der Waals surface area contributed by atoms with Crippen molar-refractivity contribution in [2.45, 2.75) is 26.2 Å². The zero-order valence-electron chi connectivity index (χ0n) is 21.0. The van der Waals surface area contributed by atoms with Gasteiger partial charge in [0.2, 0.25) is 5.91 Å². The number of rotatable bonds is 6. The summed E-state index contributed by atoms with van der Waals surface area (Å²) in [6.45, 7) is 1.57. The highest BCUT2D eigenvalue weighted by molar-refractivity contribution is 7.17. The summed E-state index contributed by atoms with van der Waals surface area (Å²) < 4.78 is 0. The Kier molecular flexibility index (Phi) is 5.55. The maximum Gasteiger partial charge on any atom is 0.227 e. The molecule has 1 saturated carbocycles. The highest BCUT2D eigenvalue weighted by atomic mass is 32.1. The van der Waals surface area contributed by atoms with Gasteiger partial charge in [-0.15, -0.1) is 11.3 Å². The van der Waals surface area contributed by atoms with Crippen LogP contribution in [0.25, 0.3) is 55.3 Å². The molecule has 192 valence electrons. The van der Waals surface area contributed by atoms with E-state index in [4.69, 9.17) is 9.97 Å². The average Bonchev–Trinajstić information content (AvgIpc) is 3.65. The summed E-state index contributed by atoms with van der Waals surface area (Å²) in [5.41, 5.74) is 6.84. The summed E-state index contributed by atoms with van der Waals surface area (Å²) in [4.78, 5) is 43.4. The molecule has 0 aliphatic heterocycles. The van der Waals surface area contributed by atoms with Gasteiger partial charge in [-0.3, -0.25) is 19.7 Å². The number of ketones is 1. The fourth-order valence-electron chi connectivity index (χ4n) is 4.80. The molecule has 0 atom stereocenters. The Labute approximate surface area is 226 Å². The second-order valence-electron chi connectivity index (χ2n) is 9.75. The summed E-state index contributed by atoms with van der Waals surface area (Å²) in [7, 11) is 0. The lowest BCUT2D eigenvalue weighted by Crippen LogP contribution is -2.28. The van der Waals surface area contributed by atoms with E-state index in [1.54, 1.807) is 19.3 Å². The third kappa shape index (κ3) is 4.18. The van der Waals surface area contributed by atoms with Crippen LogP contribution in [0.15, 0.2) is 60.9 Å². The Balaban J connectivity index is 1.25. The van der Waals surface area contributed by atoms with Crippen LogP contribution in [0.1, 0.15) is 35.9 Å². The third-order valence-electron chi connectivity index (χ3n) is 7.14. The molecular formula is C29H23N7O2S. The van der Waals surface area contributed by atoms with Gasteiger partial charge in [-0.25, -0.2) is 9.97 Å². The van der Waals surface area contributed by atoms with Crippen LogP contribution in [0.5, 0.6) is 0 Å². The van der Waals surface area contributed by atoms with Crippen molar-refractivity contribution in [3.63, 3.8) is 0 Å². The monoisotopic (exact) mass is 533 g/mol. The van der Waals surface area contributed by atoms with Crippen LogP contribution < -0.4 is 5.32 Å². The van der Waals surface area contributed by atoms with Crippen molar-refractivity contribution in [1.29, 1.82) is 0 Å². The summed E-state index contributed by atoms with van der Waals surface area (Å²) >= 11 is 1.46. The van der Waals surface area contributed by atoms with Crippen molar-refractivity contribution in [1.82, 2.24) is 30.1 Å². The second kappa shape index (κ2) is 9.25. The first-order valence-electron chi connectivity index (χ1n) is 12.7. The molecule has 39 heavy (non-hydrogen) atoms. The molecule has 9 nitrogen and oxygen atoms in total. The number of carbonyl (C=O) groups is 2. The van der Waals surface area contributed by atoms with E-state index in [1.807, 2.05) is 48.5 Å². The van der Waals surface area contributed by atoms with E-state index in [0.29, 0.717) is 33.3 Å². The van der Waals surface area contributed by atoms with Gasteiger partial charge in [0, 0.05) is 28.1 Å². The van der Waals surface area contributed by atoms with E-state index in [9.17, 15) is 9.59 Å². The highest BCUT2D eigenvalue weighted by Gasteiger charge is 2.25. The summed E-state index contributed by atoms with van der Waals surface area (Å²) in [6, 6.07) is 15.5. The van der Waals surface area contributed by atoms with Crippen molar-refractivity contribution in [2.24, 2.45) is 5.92 Å². The Bertz CT molecular complexity index is 1900. The number of nitrogens with one attached hydrogen (secondary N) is 3. The molecule has 1 aromatic carbocycles. The second-order valence-corrected chi connectivity index (χ2v) is 10.8. The normalized spacial score (nSPS) is 13.6. The molecule has 10 heteroatoms. The molecular weight excluding hydrogens is 510 g/mol. The molecule has 0 radical (unpaired) electrons. The number of H-pyrrole nitrogens is 2. The van der Waals surface area contributed by atoms with E-state index >= 15 is 0 Å². The number of amides is 1. The number of aromatic nitrogens is 6. The van der Waals surface area contributed by atoms with Gasteiger partial charge in [0.05, 0.1) is 39.0 Å². The molecule has 1 amide bonds. The predicted molar refractivity (Wildman–Crippen MR) is 151 cm³/mol. The molecule has 0 saturated heterocycles. The van der Waals surface area contributed by atoms with Crippen molar-refractivity contribution < 1.29 is 9.59 Å². The maximum atomic E-state index is 12.4. The molecule has 0 spiro atoms. The van der Waals surface area contributed by atoms with Crippen LogP contribution in [0.2, 0.25) is 0 Å². The van der Waals surface area contributed by atoms with E-state index in [1.165, 1.54) is 11.3 Å². The van der Waals surface area contributed by atoms with Crippen LogP contribution in [-0.2, 0) is 4.79 Å². The first-order valence-corrected chi connectivity index (χ1v) is 13.6. The smallest absolute Gasteiger partial charge is 0.227 e. The van der Waals surface area contributed by atoms with Gasteiger partial charge in [0.25, 0.3) is 0 Å². The zero-order valence-corrected chi connectivity index (χ0v) is 21.8. The highest BCUT2D eigenvalue weighted by Crippen LogP contribution is 2.35. The van der Waals surface area contributed by atoms with Crippen LogP contribution in [-0.4, -0.2) is 41.8 Å². The summed E-state index contributed by atoms with van der Waals surface area (Å²) in [5.74, 6) is 0.783. The topological polar surface area (TPSA) is 129 Å². The van der Waals surface area contributed by atoms with Crippen LogP contribution in [0.3, 0.4) is 0 Å². The number of para-hydroxylation sites is 1. The summed E-state index contributed by atoms with van der Waals surface area (Å²) in [6.07, 6.45) is 6.37. The number of hydrogen-bond donors (Lipinski definition) is 3. The van der Waals surface area contributed by atoms with Gasteiger partial charge < -0.3 is 10.3 Å². The SMILES string of the molecule is CC(=O)c1ccc(-c2cccc3[nH]c(-c4n[nH]c5ccc(-c6cncc(NC(=O)C7CCC7)c6)nc45)nc23)s1. The third-order valence-corrected chi connectivity index (χ3v) is 8.36. The molecule has 1 aliphatic carbocycles. The molecule has 6 aromatic rings. The van der Waals surface area contributed by atoms with Crippen LogP contribution in [0.4, 0.5) is 5.69 Å². The number of benzene rings is 1. The van der Waals surface area contributed by atoms with Crippen molar-refractivity contribution >= 4 is 50.8 Å². The average molecular weight is 534 g/mol. The Morgan fingerprint density at radius 1 is 1.00 bits per heavy atom. The molecule has 3 N–H and O–H groups in total. The minimum absolute atomic E-state index is 0.0463. The minimum atomic E-state index is 0.0463. The number of anilines is 1. The van der Waals surface area contributed by atoms with Gasteiger partial charge in [0.1, 0.15) is 5.52 Å². The number of fused-ring (bicyclic) bond motifs is 2. The quantitative estimate of drug-likeness (QED) is 0.218. The lowest BCUT2D eigenvalue weighted by Gasteiger charge is -2.24. The molecule has 0 bridgehead atoms. The maximum absolute atomic E-state index is 12.4. The first-order chi connectivity index (χ1) is 19.0. The number of pyridine rings is 2. The molecule has 1 aliphatic rings. The van der Waals surface area contributed by atoms with Gasteiger partial charge in [-0.1, -0.05) is 18.6 Å². The van der Waals surface area contributed by atoms with E-state index in [0.717, 1.165) is 51.8 Å². The van der Waals surface area contributed by atoms with Gasteiger partial charge in [-0.2, -0.15) is 5.10 Å².